The lowest BCUT2D eigenvalue weighted by Gasteiger charge is -2.28. The molecule has 0 aliphatic carbocycles. The van der Waals surface area contributed by atoms with Gasteiger partial charge in [-0.15, -0.1) is 0 Å². The van der Waals surface area contributed by atoms with E-state index in [1.807, 2.05) is 0 Å². The molecule has 1 aliphatic rings. The van der Waals surface area contributed by atoms with Crippen molar-refractivity contribution in [3.05, 3.63) is 0 Å². The Morgan fingerprint density at radius 1 is 1.55 bits per heavy atom. The molecule has 66 valence electrons. The number of piperidine rings is 1. The fourth-order valence-electron chi connectivity index (χ4n) is 1.29. The maximum absolute atomic E-state index is 10.7. The molecule has 0 aromatic carbocycles. The van der Waals surface area contributed by atoms with E-state index in [4.69, 9.17) is 0 Å². The van der Waals surface area contributed by atoms with Crippen molar-refractivity contribution in [1.82, 2.24) is 9.62 Å². The predicted octanol–water partition coefficient (Wildman–Crippen LogP) is 0.124. The van der Waals surface area contributed by atoms with Crippen LogP contribution in [0, 0.1) is 0 Å². The summed E-state index contributed by atoms with van der Waals surface area (Å²) >= 11 is 0. The molecular weight excluding hydrogens is 179 g/mol. The molecule has 2 atom stereocenters. The van der Waals surface area contributed by atoms with Crippen molar-refractivity contribution in [2.24, 2.45) is 0 Å². The first kappa shape index (κ1) is 9.59. The van der Waals surface area contributed by atoms with Crippen LogP contribution in [0.2, 0.25) is 0 Å². The minimum absolute atomic E-state index is 0.449. The lowest BCUT2D eigenvalue weighted by atomic mass is 10.1. The molecule has 0 saturated carbocycles. The van der Waals surface area contributed by atoms with E-state index in [1.165, 1.54) is 0 Å². The molecule has 3 nitrogen and oxygen atoms in total. The van der Waals surface area contributed by atoms with Crippen LogP contribution in [0.3, 0.4) is 0 Å². The summed E-state index contributed by atoms with van der Waals surface area (Å²) in [6, 6.07) is 0.449. The molecule has 2 unspecified atom stereocenters. The monoisotopic (exact) mass is 194 g/mol. The second kappa shape index (κ2) is 4.51. The van der Waals surface area contributed by atoms with Crippen molar-refractivity contribution in [1.29, 1.82) is 0 Å². The Balaban J connectivity index is 2.22. The third-order valence-electron chi connectivity index (χ3n) is 2.00. The van der Waals surface area contributed by atoms with Gasteiger partial charge in [0.2, 0.25) is 0 Å². The maximum atomic E-state index is 10.7. The first-order chi connectivity index (χ1) is 5.18. The number of nitrogens with zero attached hydrogens (tertiary/aromatic N) is 1. The largest absolute Gasteiger partial charge is 0.306 e. The third-order valence-corrected chi connectivity index (χ3v) is 2.98. The van der Waals surface area contributed by atoms with Crippen LogP contribution >= 0.6 is 8.44 Å². The van der Waals surface area contributed by atoms with Gasteiger partial charge in [0.25, 0.3) is 0 Å². The number of hydrogen-bond donors (Lipinski definition) is 1. The van der Waals surface area contributed by atoms with Gasteiger partial charge in [-0.2, -0.15) is 0 Å². The fraction of sp³-hybridized carbons (Fsp3) is 1.00. The van der Waals surface area contributed by atoms with Gasteiger partial charge in [-0.25, -0.2) is 8.93 Å². The smallest absolute Gasteiger partial charge is 0.107 e. The van der Waals surface area contributed by atoms with Crippen molar-refractivity contribution < 1.29 is 4.21 Å². The van der Waals surface area contributed by atoms with Gasteiger partial charge in [-0.05, 0) is 41.4 Å². The molecule has 1 N–H and O–H groups in total. The van der Waals surface area contributed by atoms with Crippen LogP contribution in [0.15, 0.2) is 0 Å². The summed E-state index contributed by atoms with van der Waals surface area (Å²) in [6.07, 6.45) is 2.22. The zero-order chi connectivity index (χ0) is 8.27. The molecule has 0 amide bonds. The molecule has 5 heteroatoms. The van der Waals surface area contributed by atoms with E-state index in [0.717, 1.165) is 25.9 Å². The highest BCUT2D eigenvalue weighted by Crippen LogP contribution is 2.09. The van der Waals surface area contributed by atoms with Crippen LogP contribution in [-0.2, 0) is 10.6 Å². The van der Waals surface area contributed by atoms with E-state index in [2.05, 4.69) is 25.1 Å². The van der Waals surface area contributed by atoms with E-state index in [-0.39, 0.29) is 0 Å². The van der Waals surface area contributed by atoms with E-state index in [0.29, 0.717) is 6.04 Å². The molecule has 1 fully saturated rings. The molecule has 1 saturated heterocycles. The first-order valence-electron chi connectivity index (χ1n) is 3.79. The van der Waals surface area contributed by atoms with Gasteiger partial charge < -0.3 is 4.90 Å². The van der Waals surface area contributed by atoms with Crippen LogP contribution in [0.25, 0.3) is 0 Å². The Hall–Kier alpha value is 0.500. The third kappa shape index (κ3) is 3.61. The van der Waals surface area contributed by atoms with Gasteiger partial charge in [-0.1, -0.05) is 0 Å². The van der Waals surface area contributed by atoms with E-state index in [1.54, 1.807) is 0 Å². The minimum atomic E-state index is -0.926. The van der Waals surface area contributed by atoms with Crippen molar-refractivity contribution >= 4 is 19.0 Å². The molecule has 0 aromatic heterocycles. The highest BCUT2D eigenvalue weighted by atomic mass is 32.7. The maximum Gasteiger partial charge on any atom is 0.107 e. The molecule has 0 radical (unpaired) electrons. The van der Waals surface area contributed by atoms with Crippen LogP contribution in [0.5, 0.6) is 0 Å². The minimum Gasteiger partial charge on any atom is -0.306 e. The zero-order valence-corrected chi connectivity index (χ0v) is 8.72. The molecular formula is C6H15N2OPS. The summed E-state index contributed by atoms with van der Waals surface area (Å²) in [4.78, 5) is 2.30. The standard InChI is InChI=1S/C6H15N2OPS/c1-8-4-2-6(3-5-8)7-11(9)10/h6-7H,2-5,10H2,1H3. The summed E-state index contributed by atoms with van der Waals surface area (Å²) in [7, 11) is 3.45. The Morgan fingerprint density at radius 3 is 2.55 bits per heavy atom. The topological polar surface area (TPSA) is 32.3 Å². The van der Waals surface area contributed by atoms with Gasteiger partial charge in [0, 0.05) is 6.04 Å². The van der Waals surface area contributed by atoms with Crippen molar-refractivity contribution in [3.8, 4) is 0 Å². The van der Waals surface area contributed by atoms with Gasteiger partial charge in [0.1, 0.15) is 10.6 Å². The quantitative estimate of drug-likeness (QED) is 0.633. The van der Waals surface area contributed by atoms with Crippen LogP contribution in [-0.4, -0.2) is 35.3 Å². The molecule has 0 aromatic rings. The summed E-state index contributed by atoms with van der Waals surface area (Å²) in [5.41, 5.74) is 0. The molecule has 1 rings (SSSR count). The SMILES string of the molecule is CN1CCC(NS(=O)P)CC1. The number of hydrogen-bond acceptors (Lipinski definition) is 2. The summed E-state index contributed by atoms with van der Waals surface area (Å²) in [5, 5.41) is 0. The van der Waals surface area contributed by atoms with Gasteiger partial charge in [-0.3, -0.25) is 0 Å². The average molecular weight is 194 g/mol. The second-order valence-electron chi connectivity index (χ2n) is 2.99. The van der Waals surface area contributed by atoms with Crippen LogP contribution < -0.4 is 4.72 Å². The van der Waals surface area contributed by atoms with Gasteiger partial charge >= 0.3 is 0 Å². The van der Waals surface area contributed by atoms with Crippen LogP contribution in [0.1, 0.15) is 12.8 Å². The molecule has 1 heterocycles. The van der Waals surface area contributed by atoms with Crippen molar-refractivity contribution in [2.75, 3.05) is 20.1 Å². The normalized spacial score (nSPS) is 25.3. The number of nitrogens with one attached hydrogen (secondary N) is 1. The molecule has 0 bridgehead atoms. The molecule has 0 spiro atoms. The fourth-order valence-corrected chi connectivity index (χ4v) is 2.43. The zero-order valence-electron chi connectivity index (χ0n) is 6.75. The first-order valence-corrected chi connectivity index (χ1v) is 6.42. The van der Waals surface area contributed by atoms with Gasteiger partial charge in [0.05, 0.1) is 0 Å². The highest BCUT2D eigenvalue weighted by Gasteiger charge is 2.16. The van der Waals surface area contributed by atoms with Crippen LogP contribution in [0.4, 0.5) is 0 Å². The Bertz CT molecular complexity index is 148. The van der Waals surface area contributed by atoms with E-state index in [9.17, 15) is 4.21 Å². The highest BCUT2D eigenvalue weighted by molar-refractivity contribution is 8.32. The number of rotatable bonds is 2. The lowest BCUT2D eigenvalue weighted by molar-refractivity contribution is 0.249. The Kier molecular flexibility index (Phi) is 3.93. The summed E-state index contributed by atoms with van der Waals surface area (Å²) in [5.74, 6) is 0. The molecule has 1 aliphatic heterocycles. The lowest BCUT2D eigenvalue weighted by Crippen LogP contribution is -2.40. The number of likely N-dealkylation sites (tertiary alicyclic amines) is 1. The van der Waals surface area contributed by atoms with E-state index >= 15 is 0 Å². The Morgan fingerprint density at radius 2 is 2.09 bits per heavy atom. The average Bonchev–Trinajstić information content (AvgIpc) is 1.93. The van der Waals surface area contributed by atoms with Crippen molar-refractivity contribution in [3.63, 3.8) is 0 Å². The summed E-state index contributed by atoms with van der Waals surface area (Å²) in [6.45, 7) is 2.22. The predicted molar refractivity (Wildman–Crippen MR) is 51.5 cm³/mol. The van der Waals surface area contributed by atoms with E-state index < -0.39 is 10.6 Å². The molecule has 11 heavy (non-hydrogen) atoms. The van der Waals surface area contributed by atoms with Gasteiger partial charge in [0.15, 0.2) is 0 Å². The second-order valence-corrected chi connectivity index (χ2v) is 5.11. The Labute approximate surface area is 72.5 Å². The van der Waals surface area contributed by atoms with Crippen molar-refractivity contribution in [2.45, 2.75) is 18.9 Å². The summed E-state index contributed by atoms with van der Waals surface area (Å²) < 4.78 is 13.8.